The number of benzene rings is 3. The highest BCUT2D eigenvalue weighted by molar-refractivity contribution is 5.98. The molecule has 0 radical (unpaired) electrons. The van der Waals surface area contributed by atoms with Gasteiger partial charge in [-0.05, 0) is 35.9 Å². The van der Waals surface area contributed by atoms with E-state index < -0.39 is 17.8 Å². The van der Waals surface area contributed by atoms with Gasteiger partial charge in [-0.2, -0.15) is 0 Å². The minimum atomic E-state index is -0.509. The maximum atomic E-state index is 13.2. The molecule has 7 heteroatoms. The fourth-order valence-electron chi connectivity index (χ4n) is 2.95. The van der Waals surface area contributed by atoms with Crippen LogP contribution in [-0.4, -0.2) is 25.5 Å². The Bertz CT molecular complexity index is 1010. The summed E-state index contributed by atoms with van der Waals surface area (Å²) in [6.07, 6.45) is 0. The van der Waals surface area contributed by atoms with Gasteiger partial charge < -0.3 is 20.9 Å². The van der Waals surface area contributed by atoms with Gasteiger partial charge >= 0.3 is 6.03 Å². The first-order valence-electron chi connectivity index (χ1n) is 9.45. The smallest absolute Gasteiger partial charge is 0.319 e. The molecule has 0 spiro atoms. The van der Waals surface area contributed by atoms with E-state index in [1.807, 2.05) is 60.5 Å². The summed E-state index contributed by atoms with van der Waals surface area (Å²) in [5.41, 5.74) is 2.95. The number of hydrogen-bond acceptors (Lipinski definition) is 3. The lowest BCUT2D eigenvalue weighted by Gasteiger charge is -2.23. The molecule has 3 rings (SSSR count). The van der Waals surface area contributed by atoms with Crippen molar-refractivity contribution in [1.82, 2.24) is 5.32 Å². The van der Waals surface area contributed by atoms with Crippen molar-refractivity contribution in [3.63, 3.8) is 0 Å². The summed E-state index contributed by atoms with van der Waals surface area (Å²) in [5, 5.41) is 7.81. The SMILES string of the molecule is CN(Cc1ccccc1)c1ccccc1NC(=O)NCC(=O)Nc1cccc(F)c1. The summed E-state index contributed by atoms with van der Waals surface area (Å²) in [6, 6.07) is 22.5. The summed E-state index contributed by atoms with van der Waals surface area (Å²) in [7, 11) is 1.94. The van der Waals surface area contributed by atoms with Crippen molar-refractivity contribution in [2.24, 2.45) is 0 Å². The number of halogens is 1. The highest BCUT2D eigenvalue weighted by atomic mass is 19.1. The highest BCUT2D eigenvalue weighted by Crippen LogP contribution is 2.25. The molecule has 0 saturated carbocycles. The lowest BCUT2D eigenvalue weighted by Crippen LogP contribution is -2.36. The molecule has 6 nitrogen and oxygen atoms in total. The Morgan fingerprint density at radius 2 is 1.63 bits per heavy atom. The van der Waals surface area contributed by atoms with E-state index in [1.165, 1.54) is 18.2 Å². The van der Waals surface area contributed by atoms with E-state index in [0.29, 0.717) is 17.9 Å². The van der Waals surface area contributed by atoms with Crippen LogP contribution < -0.4 is 20.9 Å². The van der Waals surface area contributed by atoms with Crippen molar-refractivity contribution in [3.8, 4) is 0 Å². The zero-order chi connectivity index (χ0) is 21.3. The Morgan fingerprint density at radius 3 is 2.40 bits per heavy atom. The lowest BCUT2D eigenvalue weighted by molar-refractivity contribution is -0.115. The standard InChI is InChI=1S/C23H23FN4O2/c1-28(16-17-8-3-2-4-9-17)21-13-6-5-12-20(21)27-23(30)25-15-22(29)26-19-11-7-10-18(24)14-19/h2-14H,15-16H2,1H3,(H,26,29)(H2,25,27,30). The number of carbonyl (C=O) groups is 2. The molecule has 0 bridgehead atoms. The molecule has 0 aliphatic heterocycles. The van der Waals surface area contributed by atoms with E-state index in [0.717, 1.165) is 11.3 Å². The van der Waals surface area contributed by atoms with E-state index in [2.05, 4.69) is 16.0 Å². The minimum absolute atomic E-state index is 0.246. The fraction of sp³-hybridized carbons (Fsp3) is 0.130. The topological polar surface area (TPSA) is 73.5 Å². The third-order valence-corrected chi connectivity index (χ3v) is 4.34. The van der Waals surface area contributed by atoms with Crippen LogP contribution in [0.3, 0.4) is 0 Å². The van der Waals surface area contributed by atoms with Crippen LogP contribution >= 0.6 is 0 Å². The molecule has 3 N–H and O–H groups in total. The molecule has 3 aromatic carbocycles. The second-order valence-electron chi connectivity index (χ2n) is 6.73. The van der Waals surface area contributed by atoms with E-state index in [4.69, 9.17) is 0 Å². The molecule has 3 aromatic rings. The fourth-order valence-corrected chi connectivity index (χ4v) is 2.95. The molecule has 0 aromatic heterocycles. The molecule has 0 atom stereocenters. The Kier molecular flexibility index (Phi) is 7.00. The first kappa shape index (κ1) is 20.9. The number of urea groups is 1. The van der Waals surface area contributed by atoms with Gasteiger partial charge in [0, 0.05) is 19.3 Å². The van der Waals surface area contributed by atoms with Crippen LogP contribution in [0, 0.1) is 5.82 Å². The quantitative estimate of drug-likeness (QED) is 0.550. The molecule has 0 unspecified atom stereocenters. The first-order valence-corrected chi connectivity index (χ1v) is 9.45. The molecule has 3 amide bonds. The third kappa shape index (κ3) is 6.07. The van der Waals surface area contributed by atoms with Crippen molar-refractivity contribution in [3.05, 3.63) is 90.2 Å². The molecule has 30 heavy (non-hydrogen) atoms. The number of amides is 3. The van der Waals surface area contributed by atoms with Crippen LogP contribution in [0.4, 0.5) is 26.2 Å². The van der Waals surface area contributed by atoms with E-state index in [-0.39, 0.29) is 6.54 Å². The second-order valence-corrected chi connectivity index (χ2v) is 6.73. The van der Waals surface area contributed by atoms with Gasteiger partial charge in [-0.3, -0.25) is 4.79 Å². The zero-order valence-electron chi connectivity index (χ0n) is 16.6. The first-order chi connectivity index (χ1) is 14.5. The summed E-state index contributed by atoms with van der Waals surface area (Å²) >= 11 is 0. The van der Waals surface area contributed by atoms with Gasteiger partial charge in [-0.25, -0.2) is 9.18 Å². The molecule has 0 aliphatic rings. The van der Waals surface area contributed by atoms with Crippen LogP contribution in [0.15, 0.2) is 78.9 Å². The van der Waals surface area contributed by atoms with Crippen LogP contribution in [-0.2, 0) is 11.3 Å². The lowest BCUT2D eigenvalue weighted by atomic mass is 10.2. The average Bonchev–Trinajstić information content (AvgIpc) is 2.73. The monoisotopic (exact) mass is 406 g/mol. The van der Waals surface area contributed by atoms with Crippen molar-refractivity contribution >= 4 is 29.0 Å². The largest absolute Gasteiger partial charge is 0.369 e. The Balaban J connectivity index is 1.55. The number of rotatable bonds is 7. The van der Waals surface area contributed by atoms with Crippen molar-refractivity contribution in [1.29, 1.82) is 0 Å². The summed E-state index contributed by atoms with van der Waals surface area (Å²) in [4.78, 5) is 26.3. The Hall–Kier alpha value is -3.87. The molecular weight excluding hydrogens is 383 g/mol. The van der Waals surface area contributed by atoms with E-state index in [1.54, 1.807) is 12.1 Å². The predicted octanol–water partition coefficient (Wildman–Crippen LogP) is 4.22. The Morgan fingerprint density at radius 1 is 0.900 bits per heavy atom. The predicted molar refractivity (Wildman–Crippen MR) is 117 cm³/mol. The molecule has 0 saturated heterocycles. The number of nitrogens with one attached hydrogen (secondary N) is 3. The Labute approximate surface area is 174 Å². The number of carbonyl (C=O) groups excluding carboxylic acids is 2. The maximum absolute atomic E-state index is 13.2. The van der Waals surface area contributed by atoms with Gasteiger partial charge in [0.1, 0.15) is 5.82 Å². The zero-order valence-corrected chi connectivity index (χ0v) is 16.6. The van der Waals surface area contributed by atoms with Gasteiger partial charge in [0.25, 0.3) is 0 Å². The maximum Gasteiger partial charge on any atom is 0.319 e. The summed E-state index contributed by atoms with van der Waals surface area (Å²) < 4.78 is 13.2. The summed E-state index contributed by atoms with van der Waals surface area (Å²) in [6.45, 7) is 0.432. The van der Waals surface area contributed by atoms with Crippen LogP contribution in [0.5, 0.6) is 0 Å². The van der Waals surface area contributed by atoms with Gasteiger partial charge in [0.2, 0.25) is 5.91 Å². The van der Waals surface area contributed by atoms with Gasteiger partial charge in [0.05, 0.1) is 17.9 Å². The molecule has 0 fully saturated rings. The van der Waals surface area contributed by atoms with Crippen molar-refractivity contribution < 1.29 is 14.0 Å². The molecule has 154 valence electrons. The van der Waals surface area contributed by atoms with Crippen LogP contribution in [0.1, 0.15) is 5.56 Å². The second kappa shape index (κ2) is 10.1. The van der Waals surface area contributed by atoms with Crippen molar-refractivity contribution in [2.75, 3.05) is 29.1 Å². The molecule has 0 aliphatic carbocycles. The van der Waals surface area contributed by atoms with Crippen LogP contribution in [0.25, 0.3) is 0 Å². The van der Waals surface area contributed by atoms with Crippen LogP contribution in [0.2, 0.25) is 0 Å². The highest BCUT2D eigenvalue weighted by Gasteiger charge is 2.11. The number of para-hydroxylation sites is 2. The van der Waals surface area contributed by atoms with Gasteiger partial charge in [-0.1, -0.05) is 48.5 Å². The third-order valence-electron chi connectivity index (χ3n) is 4.34. The normalized spacial score (nSPS) is 10.2. The molecule has 0 heterocycles. The van der Waals surface area contributed by atoms with Gasteiger partial charge in [0.15, 0.2) is 0 Å². The van der Waals surface area contributed by atoms with E-state index in [9.17, 15) is 14.0 Å². The minimum Gasteiger partial charge on any atom is -0.369 e. The molecular formula is C23H23FN4O2. The average molecular weight is 406 g/mol. The number of hydrogen-bond donors (Lipinski definition) is 3. The van der Waals surface area contributed by atoms with E-state index >= 15 is 0 Å². The van der Waals surface area contributed by atoms with Crippen molar-refractivity contribution in [2.45, 2.75) is 6.54 Å². The van der Waals surface area contributed by atoms with Gasteiger partial charge in [-0.15, -0.1) is 0 Å². The summed E-state index contributed by atoms with van der Waals surface area (Å²) in [5.74, 6) is -0.903. The number of anilines is 3. The number of nitrogens with zero attached hydrogens (tertiary/aromatic N) is 1.